The van der Waals surface area contributed by atoms with E-state index in [1.165, 1.54) is 0 Å². The quantitative estimate of drug-likeness (QED) is 0.782. The molecule has 0 aromatic heterocycles. The van der Waals surface area contributed by atoms with Crippen molar-refractivity contribution in [3.63, 3.8) is 0 Å². The van der Waals surface area contributed by atoms with Crippen molar-refractivity contribution in [2.45, 2.75) is 59.1 Å². The maximum atomic E-state index is 6.06. The molecule has 0 saturated heterocycles. The Balaban J connectivity index is 3.02. The fourth-order valence-electron chi connectivity index (χ4n) is 1.84. The zero-order valence-corrected chi connectivity index (χ0v) is 12.6. The number of nitrogens with two attached hydrogens (primary N) is 1. The van der Waals surface area contributed by atoms with Gasteiger partial charge in [-0.05, 0) is 44.7 Å². The van der Waals surface area contributed by atoms with Gasteiger partial charge in [-0.15, -0.1) is 0 Å². The Bertz CT molecular complexity index is 379. The SMILES string of the molecule is CCOc1cccc(CC(N)CC)c1OC(C)CC. The van der Waals surface area contributed by atoms with E-state index in [9.17, 15) is 0 Å². The monoisotopic (exact) mass is 265 g/mol. The number of hydrogen-bond donors (Lipinski definition) is 1. The van der Waals surface area contributed by atoms with Crippen LogP contribution in [0.1, 0.15) is 46.1 Å². The van der Waals surface area contributed by atoms with E-state index in [-0.39, 0.29) is 12.1 Å². The molecule has 1 aromatic rings. The van der Waals surface area contributed by atoms with Crippen LogP contribution in [0.5, 0.6) is 11.5 Å². The summed E-state index contributed by atoms with van der Waals surface area (Å²) in [6, 6.07) is 6.21. The van der Waals surface area contributed by atoms with Crippen LogP contribution in [0.4, 0.5) is 0 Å². The molecular formula is C16H27NO2. The van der Waals surface area contributed by atoms with Crippen molar-refractivity contribution >= 4 is 0 Å². The normalized spacial score (nSPS) is 13.9. The molecule has 2 unspecified atom stereocenters. The lowest BCUT2D eigenvalue weighted by molar-refractivity contribution is 0.200. The molecule has 108 valence electrons. The Kier molecular flexibility index (Phi) is 6.71. The maximum absolute atomic E-state index is 6.06. The number of benzene rings is 1. The van der Waals surface area contributed by atoms with Crippen LogP contribution in [0.3, 0.4) is 0 Å². The van der Waals surface area contributed by atoms with Crippen molar-refractivity contribution < 1.29 is 9.47 Å². The van der Waals surface area contributed by atoms with Crippen molar-refractivity contribution in [1.29, 1.82) is 0 Å². The van der Waals surface area contributed by atoms with Crippen molar-refractivity contribution in [3.05, 3.63) is 23.8 Å². The van der Waals surface area contributed by atoms with Crippen LogP contribution in [0, 0.1) is 0 Å². The van der Waals surface area contributed by atoms with E-state index in [4.69, 9.17) is 15.2 Å². The lowest BCUT2D eigenvalue weighted by Crippen LogP contribution is -2.22. The highest BCUT2D eigenvalue weighted by atomic mass is 16.5. The molecule has 0 aliphatic carbocycles. The van der Waals surface area contributed by atoms with Crippen LogP contribution in [0.2, 0.25) is 0 Å². The highest BCUT2D eigenvalue weighted by Gasteiger charge is 2.15. The highest BCUT2D eigenvalue weighted by Crippen LogP contribution is 2.33. The predicted molar refractivity (Wildman–Crippen MR) is 80.0 cm³/mol. The van der Waals surface area contributed by atoms with E-state index < -0.39 is 0 Å². The van der Waals surface area contributed by atoms with Gasteiger partial charge >= 0.3 is 0 Å². The van der Waals surface area contributed by atoms with Gasteiger partial charge in [-0.25, -0.2) is 0 Å². The molecule has 19 heavy (non-hydrogen) atoms. The number of para-hydroxylation sites is 1. The summed E-state index contributed by atoms with van der Waals surface area (Å²) in [5.41, 5.74) is 7.20. The first kappa shape index (κ1) is 15.8. The zero-order chi connectivity index (χ0) is 14.3. The summed E-state index contributed by atoms with van der Waals surface area (Å²) in [6.07, 6.45) is 2.93. The zero-order valence-electron chi connectivity index (χ0n) is 12.6. The predicted octanol–water partition coefficient (Wildman–Crippen LogP) is 3.54. The largest absolute Gasteiger partial charge is 0.490 e. The minimum atomic E-state index is 0.163. The summed E-state index contributed by atoms with van der Waals surface area (Å²) in [7, 11) is 0. The van der Waals surface area contributed by atoms with E-state index in [0.717, 1.165) is 36.3 Å². The van der Waals surface area contributed by atoms with Crippen LogP contribution in [0.25, 0.3) is 0 Å². The van der Waals surface area contributed by atoms with E-state index in [2.05, 4.69) is 26.8 Å². The molecule has 0 amide bonds. The molecule has 1 rings (SSSR count). The Morgan fingerprint density at radius 3 is 2.47 bits per heavy atom. The Labute approximate surface area is 117 Å². The molecule has 0 spiro atoms. The summed E-state index contributed by atoms with van der Waals surface area (Å²) in [6.45, 7) is 8.92. The minimum Gasteiger partial charge on any atom is -0.490 e. The summed E-state index contributed by atoms with van der Waals surface area (Å²) in [5.74, 6) is 1.69. The number of ether oxygens (including phenoxy) is 2. The van der Waals surface area contributed by atoms with Gasteiger partial charge in [-0.3, -0.25) is 0 Å². The van der Waals surface area contributed by atoms with Gasteiger partial charge in [0.2, 0.25) is 0 Å². The molecule has 0 aliphatic heterocycles. The molecule has 3 nitrogen and oxygen atoms in total. The molecule has 0 fully saturated rings. The lowest BCUT2D eigenvalue weighted by atomic mass is 10.0. The molecular weight excluding hydrogens is 238 g/mol. The van der Waals surface area contributed by atoms with Crippen LogP contribution >= 0.6 is 0 Å². The average Bonchev–Trinajstić information content (AvgIpc) is 2.42. The van der Waals surface area contributed by atoms with Crippen molar-refractivity contribution in [1.82, 2.24) is 0 Å². The van der Waals surface area contributed by atoms with Crippen LogP contribution in [-0.2, 0) is 6.42 Å². The third-order valence-electron chi connectivity index (χ3n) is 3.26. The van der Waals surface area contributed by atoms with Gasteiger partial charge in [-0.1, -0.05) is 26.0 Å². The average molecular weight is 265 g/mol. The van der Waals surface area contributed by atoms with Crippen LogP contribution < -0.4 is 15.2 Å². The Hall–Kier alpha value is -1.22. The van der Waals surface area contributed by atoms with Gasteiger partial charge in [0.15, 0.2) is 11.5 Å². The maximum Gasteiger partial charge on any atom is 0.164 e. The summed E-state index contributed by atoms with van der Waals surface area (Å²) in [5, 5.41) is 0. The topological polar surface area (TPSA) is 44.5 Å². The number of hydrogen-bond acceptors (Lipinski definition) is 3. The van der Waals surface area contributed by atoms with Gasteiger partial charge < -0.3 is 15.2 Å². The van der Waals surface area contributed by atoms with Crippen LogP contribution in [-0.4, -0.2) is 18.8 Å². The first-order valence-electron chi connectivity index (χ1n) is 7.29. The van der Waals surface area contributed by atoms with Crippen molar-refractivity contribution in [2.75, 3.05) is 6.61 Å². The second-order valence-corrected chi connectivity index (χ2v) is 4.89. The van der Waals surface area contributed by atoms with Gasteiger partial charge in [-0.2, -0.15) is 0 Å². The third kappa shape index (κ3) is 4.75. The fraction of sp³-hybridized carbons (Fsp3) is 0.625. The first-order chi connectivity index (χ1) is 9.12. The van der Waals surface area contributed by atoms with Gasteiger partial charge in [0.25, 0.3) is 0 Å². The molecule has 0 heterocycles. The fourth-order valence-corrected chi connectivity index (χ4v) is 1.84. The van der Waals surface area contributed by atoms with Crippen LogP contribution in [0.15, 0.2) is 18.2 Å². The Morgan fingerprint density at radius 1 is 1.16 bits per heavy atom. The molecule has 3 heteroatoms. The Morgan fingerprint density at radius 2 is 1.89 bits per heavy atom. The summed E-state index contributed by atoms with van der Waals surface area (Å²) >= 11 is 0. The summed E-state index contributed by atoms with van der Waals surface area (Å²) in [4.78, 5) is 0. The summed E-state index contributed by atoms with van der Waals surface area (Å²) < 4.78 is 11.7. The molecule has 0 radical (unpaired) electrons. The molecule has 1 aromatic carbocycles. The van der Waals surface area contributed by atoms with Crippen molar-refractivity contribution in [2.24, 2.45) is 5.73 Å². The highest BCUT2D eigenvalue weighted by molar-refractivity contribution is 5.47. The smallest absolute Gasteiger partial charge is 0.164 e. The van der Waals surface area contributed by atoms with Gasteiger partial charge in [0, 0.05) is 6.04 Å². The molecule has 0 saturated carbocycles. The second kappa shape index (κ2) is 8.05. The van der Waals surface area contributed by atoms with E-state index >= 15 is 0 Å². The number of rotatable bonds is 8. The van der Waals surface area contributed by atoms with Crippen molar-refractivity contribution in [3.8, 4) is 11.5 Å². The van der Waals surface area contributed by atoms with E-state index in [1.54, 1.807) is 0 Å². The van der Waals surface area contributed by atoms with E-state index in [0.29, 0.717) is 6.61 Å². The molecule has 2 N–H and O–H groups in total. The molecule has 2 atom stereocenters. The van der Waals surface area contributed by atoms with Gasteiger partial charge in [0.05, 0.1) is 12.7 Å². The minimum absolute atomic E-state index is 0.163. The lowest BCUT2D eigenvalue weighted by Gasteiger charge is -2.20. The van der Waals surface area contributed by atoms with Gasteiger partial charge in [0.1, 0.15) is 0 Å². The standard InChI is InChI=1S/C16H27NO2/c1-5-12(4)19-16-13(11-14(17)6-2)9-8-10-15(16)18-7-3/h8-10,12,14H,5-7,11,17H2,1-4H3. The second-order valence-electron chi connectivity index (χ2n) is 4.89. The van der Waals surface area contributed by atoms with E-state index in [1.807, 2.05) is 19.1 Å². The molecule has 0 aliphatic rings. The molecule has 0 bridgehead atoms. The first-order valence-corrected chi connectivity index (χ1v) is 7.29. The third-order valence-corrected chi connectivity index (χ3v) is 3.26.